The molecule has 1 aromatic carbocycles. The molecule has 1 aromatic rings. The summed E-state index contributed by atoms with van der Waals surface area (Å²) in [4.78, 5) is 2.17. The molecule has 1 heterocycles. The van der Waals surface area contributed by atoms with Crippen LogP contribution in [0.15, 0.2) is 12.1 Å². The Kier molecular flexibility index (Phi) is 5.00. The second-order valence-corrected chi connectivity index (χ2v) is 5.51. The Morgan fingerprint density at radius 3 is 2.80 bits per heavy atom. The van der Waals surface area contributed by atoms with Gasteiger partial charge in [0, 0.05) is 30.9 Å². The normalized spacial score (nSPS) is 20.1. The first-order valence-corrected chi connectivity index (χ1v) is 7.37. The summed E-state index contributed by atoms with van der Waals surface area (Å²) in [6.07, 6.45) is 1.73. The molecule has 0 bridgehead atoms. The van der Waals surface area contributed by atoms with Crippen molar-refractivity contribution in [1.82, 2.24) is 0 Å². The van der Waals surface area contributed by atoms with Crippen molar-refractivity contribution in [2.24, 2.45) is 0 Å². The summed E-state index contributed by atoms with van der Waals surface area (Å²) < 4.78 is 19.4. The first-order valence-electron chi connectivity index (χ1n) is 7.37. The lowest BCUT2D eigenvalue weighted by atomic mass is 10.0. The highest BCUT2D eigenvalue weighted by Crippen LogP contribution is 2.30. The van der Waals surface area contributed by atoms with E-state index in [-0.39, 0.29) is 11.9 Å². The molecule has 1 aliphatic heterocycles. The van der Waals surface area contributed by atoms with Crippen LogP contribution in [-0.4, -0.2) is 30.9 Å². The number of aliphatic hydroxyl groups is 1. The molecular formula is C16H24FNO2. The first kappa shape index (κ1) is 15.3. The molecule has 0 aromatic heterocycles. The van der Waals surface area contributed by atoms with Crippen molar-refractivity contribution in [2.75, 3.05) is 24.6 Å². The molecule has 0 amide bonds. The largest absolute Gasteiger partial charge is 0.389 e. The number of aryl methyl sites for hydroxylation is 1. The zero-order valence-corrected chi connectivity index (χ0v) is 12.5. The smallest absolute Gasteiger partial charge is 0.126 e. The third-order valence-corrected chi connectivity index (χ3v) is 3.93. The molecule has 4 heteroatoms. The van der Waals surface area contributed by atoms with E-state index in [0.717, 1.165) is 38.2 Å². The van der Waals surface area contributed by atoms with Gasteiger partial charge >= 0.3 is 0 Å². The van der Waals surface area contributed by atoms with E-state index in [4.69, 9.17) is 4.74 Å². The Labute approximate surface area is 120 Å². The Hall–Kier alpha value is -1.13. The molecule has 112 valence electrons. The number of anilines is 1. The molecule has 0 radical (unpaired) electrons. The zero-order valence-electron chi connectivity index (χ0n) is 12.5. The average molecular weight is 281 g/mol. The van der Waals surface area contributed by atoms with Gasteiger partial charge in [0.05, 0.1) is 12.2 Å². The number of halogens is 1. The van der Waals surface area contributed by atoms with Crippen LogP contribution in [0.5, 0.6) is 0 Å². The van der Waals surface area contributed by atoms with Crippen LogP contribution in [0.2, 0.25) is 0 Å². The molecule has 20 heavy (non-hydrogen) atoms. The fourth-order valence-electron chi connectivity index (χ4n) is 2.72. The monoisotopic (exact) mass is 281 g/mol. The van der Waals surface area contributed by atoms with E-state index < -0.39 is 6.10 Å². The molecule has 1 fully saturated rings. The number of hydrogen-bond acceptors (Lipinski definition) is 3. The van der Waals surface area contributed by atoms with Gasteiger partial charge in [-0.1, -0.05) is 0 Å². The van der Waals surface area contributed by atoms with Crippen molar-refractivity contribution >= 4 is 5.69 Å². The Morgan fingerprint density at radius 1 is 1.50 bits per heavy atom. The van der Waals surface area contributed by atoms with Crippen molar-refractivity contribution in [1.29, 1.82) is 0 Å². The molecule has 1 N–H and O–H groups in total. The minimum Gasteiger partial charge on any atom is -0.389 e. The van der Waals surface area contributed by atoms with E-state index in [1.807, 2.05) is 6.07 Å². The van der Waals surface area contributed by atoms with Crippen LogP contribution in [-0.2, 0) is 4.74 Å². The van der Waals surface area contributed by atoms with Crippen molar-refractivity contribution in [3.8, 4) is 0 Å². The average Bonchev–Trinajstić information content (AvgIpc) is 2.91. The number of likely N-dealkylation sites (N-methyl/N-ethyl adjacent to an activating group) is 1. The highest BCUT2D eigenvalue weighted by molar-refractivity contribution is 5.57. The molecule has 2 rings (SSSR count). The molecule has 1 saturated heterocycles. The predicted molar refractivity (Wildman–Crippen MR) is 78.6 cm³/mol. The van der Waals surface area contributed by atoms with E-state index >= 15 is 0 Å². The van der Waals surface area contributed by atoms with Gasteiger partial charge in [-0.25, -0.2) is 4.39 Å². The van der Waals surface area contributed by atoms with E-state index in [2.05, 4.69) is 11.8 Å². The molecule has 3 nitrogen and oxygen atoms in total. The molecule has 1 aliphatic rings. The summed E-state index contributed by atoms with van der Waals surface area (Å²) in [5, 5.41) is 9.90. The third-order valence-electron chi connectivity index (χ3n) is 3.93. The molecular weight excluding hydrogens is 257 g/mol. The zero-order chi connectivity index (χ0) is 14.7. The minimum atomic E-state index is -0.682. The van der Waals surface area contributed by atoms with E-state index in [1.54, 1.807) is 13.8 Å². The number of aliphatic hydroxyl groups excluding tert-OH is 1. The van der Waals surface area contributed by atoms with Crippen molar-refractivity contribution < 1.29 is 14.2 Å². The molecule has 0 spiro atoms. The summed E-state index contributed by atoms with van der Waals surface area (Å²) in [6, 6.07) is 3.28. The van der Waals surface area contributed by atoms with Gasteiger partial charge in [-0.05, 0) is 51.3 Å². The number of hydrogen-bond donors (Lipinski definition) is 1. The second kappa shape index (κ2) is 6.55. The van der Waals surface area contributed by atoms with Gasteiger partial charge < -0.3 is 14.7 Å². The lowest BCUT2D eigenvalue weighted by Crippen LogP contribution is -2.33. The van der Waals surface area contributed by atoms with Gasteiger partial charge in [-0.2, -0.15) is 0 Å². The fraction of sp³-hybridized carbons (Fsp3) is 0.625. The maximum absolute atomic E-state index is 13.7. The summed E-state index contributed by atoms with van der Waals surface area (Å²) in [5.41, 5.74) is 2.17. The van der Waals surface area contributed by atoms with Crippen molar-refractivity contribution in [2.45, 2.75) is 45.8 Å². The topological polar surface area (TPSA) is 32.7 Å². The Bertz CT molecular complexity index is 456. The third kappa shape index (κ3) is 3.30. The predicted octanol–water partition coefficient (Wildman–Crippen LogP) is 3.19. The van der Waals surface area contributed by atoms with Crippen molar-refractivity contribution in [3.05, 3.63) is 29.1 Å². The maximum Gasteiger partial charge on any atom is 0.126 e. The van der Waals surface area contributed by atoms with Crippen LogP contribution in [0.4, 0.5) is 10.1 Å². The van der Waals surface area contributed by atoms with Gasteiger partial charge in [-0.3, -0.25) is 0 Å². The van der Waals surface area contributed by atoms with E-state index in [9.17, 15) is 9.50 Å². The van der Waals surface area contributed by atoms with Gasteiger partial charge in [0.2, 0.25) is 0 Å². The summed E-state index contributed by atoms with van der Waals surface area (Å²) >= 11 is 0. The standard InChI is InChI=1S/C16H24FNO2/c1-4-18(10-13-6-5-7-20-13)16-8-11(2)15(17)9-14(16)12(3)19/h8-9,12-13,19H,4-7,10H2,1-3H3. The van der Waals surface area contributed by atoms with Crippen molar-refractivity contribution in [3.63, 3.8) is 0 Å². The van der Waals surface area contributed by atoms with Gasteiger partial charge in [0.25, 0.3) is 0 Å². The van der Waals surface area contributed by atoms with Crippen LogP contribution < -0.4 is 4.90 Å². The molecule has 2 atom stereocenters. The quantitative estimate of drug-likeness (QED) is 0.899. The summed E-state index contributed by atoms with van der Waals surface area (Å²) in [7, 11) is 0. The van der Waals surface area contributed by atoms with Gasteiger partial charge in [-0.15, -0.1) is 0 Å². The fourth-order valence-corrected chi connectivity index (χ4v) is 2.72. The number of rotatable bonds is 5. The number of ether oxygens (including phenoxy) is 1. The Morgan fingerprint density at radius 2 is 2.25 bits per heavy atom. The summed E-state index contributed by atoms with van der Waals surface area (Å²) in [6.45, 7) is 7.93. The minimum absolute atomic E-state index is 0.238. The molecule has 2 unspecified atom stereocenters. The van der Waals surface area contributed by atoms with Crippen LogP contribution in [0, 0.1) is 12.7 Å². The lowest BCUT2D eigenvalue weighted by Gasteiger charge is -2.29. The van der Waals surface area contributed by atoms with E-state index in [1.165, 1.54) is 6.07 Å². The van der Waals surface area contributed by atoms with Crippen LogP contribution in [0.3, 0.4) is 0 Å². The number of benzene rings is 1. The highest BCUT2D eigenvalue weighted by atomic mass is 19.1. The lowest BCUT2D eigenvalue weighted by molar-refractivity contribution is 0.115. The first-order chi connectivity index (χ1) is 9.52. The van der Waals surface area contributed by atoms with Gasteiger partial charge in [0.15, 0.2) is 0 Å². The van der Waals surface area contributed by atoms with Gasteiger partial charge in [0.1, 0.15) is 5.82 Å². The number of nitrogens with zero attached hydrogens (tertiary/aromatic N) is 1. The van der Waals surface area contributed by atoms with Crippen LogP contribution >= 0.6 is 0 Å². The summed E-state index contributed by atoms with van der Waals surface area (Å²) in [5.74, 6) is -0.266. The molecule has 0 aliphatic carbocycles. The van der Waals surface area contributed by atoms with Crippen LogP contribution in [0.25, 0.3) is 0 Å². The van der Waals surface area contributed by atoms with E-state index in [0.29, 0.717) is 11.1 Å². The highest BCUT2D eigenvalue weighted by Gasteiger charge is 2.22. The second-order valence-electron chi connectivity index (χ2n) is 5.51. The maximum atomic E-state index is 13.7. The Balaban J connectivity index is 2.29. The van der Waals surface area contributed by atoms with Crippen LogP contribution in [0.1, 0.15) is 43.9 Å². The SMILES string of the molecule is CCN(CC1CCCO1)c1cc(C)c(F)cc1C(C)O. The molecule has 0 saturated carbocycles.